The lowest BCUT2D eigenvalue weighted by atomic mass is 9.71. The van der Waals surface area contributed by atoms with E-state index < -0.39 is 0 Å². The van der Waals surface area contributed by atoms with E-state index in [-0.39, 0.29) is 5.41 Å². The highest BCUT2D eigenvalue weighted by Gasteiger charge is 2.52. The van der Waals surface area contributed by atoms with Gasteiger partial charge in [0.05, 0.1) is 11.5 Å². The molecule has 0 amide bonds. The van der Waals surface area contributed by atoms with Crippen LogP contribution in [0.25, 0.3) is 0 Å². The topological polar surface area (TPSA) is 23.8 Å². The van der Waals surface area contributed by atoms with Crippen LogP contribution in [0.1, 0.15) is 44.9 Å². The summed E-state index contributed by atoms with van der Waals surface area (Å²) in [4.78, 5) is 0. The highest BCUT2D eigenvalue weighted by Crippen LogP contribution is 2.60. The zero-order valence-electron chi connectivity index (χ0n) is 8.13. The Bertz CT molecular complexity index is 261. The Morgan fingerprint density at radius 3 is 2.54 bits per heavy atom. The molecule has 1 heteroatoms. The van der Waals surface area contributed by atoms with Gasteiger partial charge in [0.2, 0.25) is 0 Å². The number of hydrogen-bond donors (Lipinski definition) is 0. The first-order valence-corrected chi connectivity index (χ1v) is 5.74. The van der Waals surface area contributed by atoms with Crippen LogP contribution in [0.3, 0.4) is 0 Å². The maximum atomic E-state index is 9.37. The molecule has 3 aliphatic rings. The molecular formula is C12H17N. The lowest BCUT2D eigenvalue weighted by Crippen LogP contribution is -2.26. The molecule has 0 aromatic carbocycles. The van der Waals surface area contributed by atoms with E-state index in [1.807, 2.05) is 0 Å². The molecule has 13 heavy (non-hydrogen) atoms. The van der Waals surface area contributed by atoms with E-state index in [2.05, 4.69) is 6.07 Å². The van der Waals surface area contributed by atoms with E-state index in [4.69, 9.17) is 0 Å². The second-order valence-corrected chi connectivity index (χ2v) is 5.50. The Balaban J connectivity index is 1.80. The minimum absolute atomic E-state index is 0.143. The first-order chi connectivity index (χ1) is 6.32. The Morgan fingerprint density at radius 1 is 1.23 bits per heavy atom. The van der Waals surface area contributed by atoms with Crippen molar-refractivity contribution in [3.63, 3.8) is 0 Å². The summed E-state index contributed by atoms with van der Waals surface area (Å²) in [5.41, 5.74) is 0.143. The molecule has 0 spiro atoms. The molecule has 3 saturated carbocycles. The van der Waals surface area contributed by atoms with Gasteiger partial charge in [-0.05, 0) is 43.4 Å². The summed E-state index contributed by atoms with van der Waals surface area (Å²) >= 11 is 0. The number of hydrogen-bond acceptors (Lipinski definition) is 1. The van der Waals surface area contributed by atoms with E-state index in [1.54, 1.807) is 0 Å². The van der Waals surface area contributed by atoms with Gasteiger partial charge in [-0.1, -0.05) is 19.3 Å². The molecule has 0 N–H and O–H groups in total. The van der Waals surface area contributed by atoms with Crippen molar-refractivity contribution in [2.45, 2.75) is 44.9 Å². The third-order valence-corrected chi connectivity index (χ3v) is 4.55. The minimum atomic E-state index is 0.143. The van der Waals surface area contributed by atoms with Crippen LogP contribution >= 0.6 is 0 Å². The van der Waals surface area contributed by atoms with Crippen LogP contribution in [0.4, 0.5) is 0 Å². The monoisotopic (exact) mass is 175 g/mol. The maximum Gasteiger partial charge on any atom is 0.0692 e. The fraction of sp³-hybridized carbons (Fsp3) is 0.917. The van der Waals surface area contributed by atoms with Crippen LogP contribution < -0.4 is 0 Å². The lowest BCUT2D eigenvalue weighted by Gasteiger charge is -2.30. The third kappa shape index (κ3) is 1.11. The van der Waals surface area contributed by atoms with E-state index in [1.165, 1.54) is 44.9 Å². The van der Waals surface area contributed by atoms with Gasteiger partial charge >= 0.3 is 0 Å². The molecule has 1 nitrogen and oxygen atoms in total. The zero-order valence-corrected chi connectivity index (χ0v) is 8.13. The van der Waals surface area contributed by atoms with Gasteiger partial charge in [0.25, 0.3) is 0 Å². The SMILES string of the molecule is N#CC1(CC2CC2)CC2CCC1C2. The van der Waals surface area contributed by atoms with E-state index in [0.29, 0.717) is 0 Å². The highest BCUT2D eigenvalue weighted by atomic mass is 14.6. The second kappa shape index (κ2) is 2.50. The summed E-state index contributed by atoms with van der Waals surface area (Å²) in [6.45, 7) is 0. The van der Waals surface area contributed by atoms with Gasteiger partial charge in [-0.2, -0.15) is 5.26 Å². The molecule has 2 bridgehead atoms. The van der Waals surface area contributed by atoms with E-state index in [9.17, 15) is 5.26 Å². The van der Waals surface area contributed by atoms with Crippen LogP contribution in [0.15, 0.2) is 0 Å². The Labute approximate surface area is 80.1 Å². The van der Waals surface area contributed by atoms with Gasteiger partial charge in [-0.3, -0.25) is 0 Å². The summed E-state index contributed by atoms with van der Waals surface area (Å²) < 4.78 is 0. The van der Waals surface area contributed by atoms with Gasteiger partial charge in [0.1, 0.15) is 0 Å². The average Bonchev–Trinajstić information content (AvgIpc) is 2.74. The van der Waals surface area contributed by atoms with Crippen LogP contribution in [-0.2, 0) is 0 Å². The molecule has 0 aromatic rings. The molecule has 3 atom stereocenters. The zero-order chi connectivity index (χ0) is 8.89. The number of nitriles is 1. The average molecular weight is 175 g/mol. The minimum Gasteiger partial charge on any atom is -0.198 e. The molecule has 0 radical (unpaired) electrons. The Morgan fingerprint density at radius 2 is 2.08 bits per heavy atom. The first kappa shape index (κ1) is 7.85. The van der Waals surface area contributed by atoms with E-state index in [0.717, 1.165) is 17.8 Å². The predicted octanol–water partition coefficient (Wildman–Crippen LogP) is 3.12. The van der Waals surface area contributed by atoms with Crippen LogP contribution in [0.5, 0.6) is 0 Å². The molecule has 3 rings (SSSR count). The molecule has 3 unspecified atom stereocenters. The van der Waals surface area contributed by atoms with Crippen molar-refractivity contribution >= 4 is 0 Å². The molecule has 0 saturated heterocycles. The molecule has 0 heterocycles. The van der Waals surface area contributed by atoms with Gasteiger partial charge in [0.15, 0.2) is 0 Å². The summed E-state index contributed by atoms with van der Waals surface area (Å²) in [6.07, 6.45) is 9.43. The normalized spacial score (nSPS) is 47.9. The smallest absolute Gasteiger partial charge is 0.0692 e. The Hall–Kier alpha value is -0.510. The van der Waals surface area contributed by atoms with Crippen molar-refractivity contribution in [2.75, 3.05) is 0 Å². The largest absolute Gasteiger partial charge is 0.198 e. The van der Waals surface area contributed by atoms with Gasteiger partial charge in [0, 0.05) is 0 Å². The second-order valence-electron chi connectivity index (χ2n) is 5.50. The highest BCUT2D eigenvalue weighted by molar-refractivity contribution is 5.12. The van der Waals surface area contributed by atoms with Crippen molar-refractivity contribution in [1.82, 2.24) is 0 Å². The van der Waals surface area contributed by atoms with Crippen molar-refractivity contribution in [3.05, 3.63) is 0 Å². The molecule has 0 aliphatic heterocycles. The summed E-state index contributed by atoms with van der Waals surface area (Å²) in [5.74, 6) is 2.63. The van der Waals surface area contributed by atoms with Crippen molar-refractivity contribution in [1.29, 1.82) is 5.26 Å². The predicted molar refractivity (Wildman–Crippen MR) is 50.8 cm³/mol. The molecule has 0 aromatic heterocycles. The Kier molecular flexibility index (Phi) is 1.51. The maximum absolute atomic E-state index is 9.37. The molecule has 70 valence electrons. The first-order valence-electron chi connectivity index (χ1n) is 5.74. The van der Waals surface area contributed by atoms with Crippen LogP contribution in [-0.4, -0.2) is 0 Å². The standard InChI is InChI=1S/C12H17N/c13-8-12(6-9-1-2-9)7-10-3-4-11(12)5-10/h9-11H,1-7H2. The fourth-order valence-corrected chi connectivity index (χ4v) is 3.71. The molecule has 3 aliphatic carbocycles. The summed E-state index contributed by atoms with van der Waals surface area (Å²) in [5, 5.41) is 9.37. The van der Waals surface area contributed by atoms with Gasteiger partial charge in [-0.15, -0.1) is 0 Å². The van der Waals surface area contributed by atoms with Crippen molar-refractivity contribution in [2.24, 2.45) is 23.2 Å². The lowest BCUT2D eigenvalue weighted by molar-refractivity contribution is 0.212. The van der Waals surface area contributed by atoms with Crippen molar-refractivity contribution < 1.29 is 0 Å². The number of fused-ring (bicyclic) bond motifs is 2. The van der Waals surface area contributed by atoms with Crippen molar-refractivity contribution in [3.8, 4) is 6.07 Å². The van der Waals surface area contributed by atoms with Gasteiger partial charge < -0.3 is 0 Å². The fourth-order valence-electron chi connectivity index (χ4n) is 3.71. The van der Waals surface area contributed by atoms with E-state index >= 15 is 0 Å². The third-order valence-electron chi connectivity index (χ3n) is 4.55. The molecule has 3 fully saturated rings. The van der Waals surface area contributed by atoms with Gasteiger partial charge in [-0.25, -0.2) is 0 Å². The van der Waals surface area contributed by atoms with Crippen LogP contribution in [0.2, 0.25) is 0 Å². The number of nitrogens with zero attached hydrogens (tertiary/aromatic N) is 1. The quantitative estimate of drug-likeness (QED) is 0.632. The molecular weight excluding hydrogens is 158 g/mol. The van der Waals surface area contributed by atoms with Crippen LogP contribution in [0, 0.1) is 34.5 Å². The summed E-state index contributed by atoms with van der Waals surface area (Å²) in [7, 11) is 0. The number of rotatable bonds is 2. The summed E-state index contributed by atoms with van der Waals surface area (Å²) in [6, 6.07) is 2.68.